The highest BCUT2D eigenvalue weighted by Gasteiger charge is 2.45. The quantitative estimate of drug-likeness (QED) is 0.164. The monoisotopic (exact) mass is 710 g/mol. The van der Waals surface area contributed by atoms with Crippen molar-refractivity contribution in [2.75, 3.05) is 22.9 Å². The zero-order valence-electron chi connectivity index (χ0n) is 31.5. The van der Waals surface area contributed by atoms with Crippen molar-refractivity contribution in [3.05, 3.63) is 179 Å². The van der Waals surface area contributed by atoms with Crippen LogP contribution in [0.2, 0.25) is 0 Å². The summed E-state index contributed by atoms with van der Waals surface area (Å²) in [5.41, 5.74) is 19.5. The van der Waals surface area contributed by atoms with E-state index in [1.54, 1.807) is 5.56 Å². The summed E-state index contributed by atoms with van der Waals surface area (Å²) in [6.45, 7) is 2.14. The first-order chi connectivity index (χ1) is 27.2. The van der Waals surface area contributed by atoms with Gasteiger partial charge >= 0.3 is 0 Å². The van der Waals surface area contributed by atoms with Crippen LogP contribution in [-0.2, 0) is 18.3 Å². The molecule has 0 atom stereocenters. The molecule has 1 spiro atoms. The number of benzene rings is 7. The Balaban J connectivity index is 0.878. The Kier molecular flexibility index (Phi) is 7.79. The average molecular weight is 711 g/mol. The highest BCUT2D eigenvalue weighted by Crippen LogP contribution is 2.58. The molecule has 0 amide bonds. The van der Waals surface area contributed by atoms with Crippen LogP contribution in [0.25, 0.3) is 45.2 Å². The lowest BCUT2D eigenvalue weighted by molar-refractivity contribution is 0.549. The summed E-state index contributed by atoms with van der Waals surface area (Å²) >= 11 is 0. The fourth-order valence-corrected chi connectivity index (χ4v) is 10.6. The maximum Gasteiger partial charge on any atom is 0.0490 e. The van der Waals surface area contributed by atoms with Gasteiger partial charge in [0, 0.05) is 46.6 Å². The van der Waals surface area contributed by atoms with Crippen molar-refractivity contribution in [3.8, 4) is 22.3 Å². The molecule has 268 valence electrons. The van der Waals surface area contributed by atoms with E-state index in [0.29, 0.717) is 0 Å². The van der Waals surface area contributed by atoms with Crippen molar-refractivity contribution in [1.29, 1.82) is 0 Å². The second kappa shape index (κ2) is 13.2. The molecule has 4 aliphatic rings. The number of rotatable bonds is 5. The third kappa shape index (κ3) is 5.37. The molecule has 2 nitrogen and oxygen atoms in total. The first kappa shape index (κ1) is 32.6. The number of nitrogens with zero attached hydrogens (tertiary/aromatic N) is 2. The van der Waals surface area contributed by atoms with Gasteiger partial charge in [0.05, 0.1) is 0 Å². The Morgan fingerprint density at radius 2 is 1.02 bits per heavy atom. The highest BCUT2D eigenvalue weighted by molar-refractivity contribution is 6.05. The molecule has 1 fully saturated rings. The molecule has 7 aromatic carbocycles. The van der Waals surface area contributed by atoms with Crippen LogP contribution in [0.4, 0.5) is 22.7 Å². The summed E-state index contributed by atoms with van der Waals surface area (Å²) in [6.07, 6.45) is 14.4. The van der Waals surface area contributed by atoms with E-state index in [4.69, 9.17) is 0 Å². The lowest BCUT2D eigenvalue weighted by Crippen LogP contribution is -2.25. The number of fused-ring (bicyclic) bond motifs is 8. The fourth-order valence-electron chi connectivity index (χ4n) is 10.6. The summed E-state index contributed by atoms with van der Waals surface area (Å²) in [5.74, 6) is 0. The Bertz CT molecular complexity index is 2620. The number of hydrogen-bond donors (Lipinski definition) is 0. The predicted octanol–water partition coefficient (Wildman–Crippen LogP) is 13.7. The molecular weight excluding hydrogens is 665 g/mol. The average Bonchev–Trinajstić information content (AvgIpc) is 3.85. The van der Waals surface area contributed by atoms with Gasteiger partial charge in [-0.15, -0.1) is 0 Å². The van der Waals surface area contributed by atoms with E-state index in [1.165, 1.54) is 129 Å². The lowest BCUT2D eigenvalue weighted by Gasteiger charge is -2.33. The zero-order valence-corrected chi connectivity index (χ0v) is 31.5. The third-order valence-corrected chi connectivity index (χ3v) is 13.2. The van der Waals surface area contributed by atoms with Crippen molar-refractivity contribution in [2.45, 2.75) is 56.8 Å². The van der Waals surface area contributed by atoms with Gasteiger partial charge in [0.1, 0.15) is 0 Å². The summed E-state index contributed by atoms with van der Waals surface area (Å²) in [5, 5.41) is 2.62. The predicted molar refractivity (Wildman–Crippen MR) is 233 cm³/mol. The Labute approximate surface area is 325 Å². The molecule has 0 saturated heterocycles. The summed E-state index contributed by atoms with van der Waals surface area (Å²) in [6, 6.07) is 55.2. The van der Waals surface area contributed by atoms with Crippen LogP contribution in [0.3, 0.4) is 0 Å². The second-order valence-electron chi connectivity index (χ2n) is 16.2. The van der Waals surface area contributed by atoms with Gasteiger partial charge in [-0.05, 0) is 130 Å². The highest BCUT2D eigenvalue weighted by atomic mass is 15.1. The molecule has 7 aromatic rings. The van der Waals surface area contributed by atoms with Gasteiger partial charge in [-0.3, -0.25) is 0 Å². The van der Waals surface area contributed by atoms with E-state index < -0.39 is 0 Å². The fraction of sp³-hybridized carbons (Fsp3) is 0.208. The van der Waals surface area contributed by atoms with Crippen molar-refractivity contribution in [3.63, 3.8) is 0 Å². The van der Waals surface area contributed by atoms with Crippen LogP contribution in [0.1, 0.15) is 71.9 Å². The molecule has 2 aliphatic heterocycles. The molecular formula is C53H46N2. The van der Waals surface area contributed by atoms with Crippen LogP contribution in [-0.4, -0.2) is 13.1 Å². The molecule has 0 N–H and O–H groups in total. The van der Waals surface area contributed by atoms with E-state index >= 15 is 0 Å². The van der Waals surface area contributed by atoms with E-state index in [0.717, 1.165) is 19.5 Å². The zero-order chi connectivity index (χ0) is 36.3. The molecule has 0 aromatic heterocycles. The van der Waals surface area contributed by atoms with Crippen LogP contribution in [0.5, 0.6) is 0 Å². The van der Waals surface area contributed by atoms with E-state index in [1.807, 2.05) is 0 Å². The van der Waals surface area contributed by atoms with E-state index in [-0.39, 0.29) is 5.41 Å². The molecule has 2 aliphatic carbocycles. The maximum atomic E-state index is 2.57. The summed E-state index contributed by atoms with van der Waals surface area (Å²) in [4.78, 5) is 5.09. The van der Waals surface area contributed by atoms with Gasteiger partial charge in [0.15, 0.2) is 0 Å². The molecule has 0 unspecified atom stereocenters. The number of anilines is 4. The van der Waals surface area contributed by atoms with Crippen LogP contribution in [0, 0.1) is 0 Å². The molecule has 2 heterocycles. The smallest absolute Gasteiger partial charge is 0.0490 e. The van der Waals surface area contributed by atoms with Crippen molar-refractivity contribution >= 4 is 45.7 Å². The van der Waals surface area contributed by atoms with Crippen molar-refractivity contribution in [1.82, 2.24) is 0 Å². The topological polar surface area (TPSA) is 6.48 Å². The minimum Gasteiger partial charge on any atom is -0.341 e. The van der Waals surface area contributed by atoms with Gasteiger partial charge in [0.25, 0.3) is 0 Å². The molecule has 2 heteroatoms. The van der Waals surface area contributed by atoms with Gasteiger partial charge in [-0.1, -0.05) is 140 Å². The molecule has 1 saturated carbocycles. The summed E-state index contributed by atoms with van der Waals surface area (Å²) in [7, 11) is 0. The minimum atomic E-state index is 0.122. The van der Waals surface area contributed by atoms with E-state index in [2.05, 4.69) is 168 Å². The second-order valence-corrected chi connectivity index (χ2v) is 16.2. The standard InChI is InChI=1S/C53H46N2/c1-5-17-50-40(11-1)13-9-33-54(50)42-26-28-46-45-27-23-38(35-48(45)53(49(46)36-42)31-7-8-32-53)20-19-37-21-24-39(25-22-37)43-29-30-52(47-16-4-3-15-44(43)47)55-34-10-14-41-12-2-6-18-51(41)55/h1-6,11-12,15-30,35-36H,7-10,13-14,31-34H2/b20-19+. The number of aryl methyl sites for hydroxylation is 2. The first-order valence-corrected chi connectivity index (χ1v) is 20.5. The maximum absolute atomic E-state index is 2.57. The van der Waals surface area contributed by atoms with E-state index in [9.17, 15) is 0 Å². The van der Waals surface area contributed by atoms with Gasteiger partial charge in [-0.25, -0.2) is 0 Å². The summed E-state index contributed by atoms with van der Waals surface area (Å²) < 4.78 is 0. The lowest BCUT2D eigenvalue weighted by atomic mass is 9.76. The molecule has 11 rings (SSSR count). The molecule has 0 bridgehead atoms. The molecule has 55 heavy (non-hydrogen) atoms. The normalized spacial score (nSPS) is 16.7. The number of para-hydroxylation sites is 2. The van der Waals surface area contributed by atoms with Crippen molar-refractivity contribution < 1.29 is 0 Å². The van der Waals surface area contributed by atoms with Crippen LogP contribution < -0.4 is 9.80 Å². The Morgan fingerprint density at radius 3 is 1.78 bits per heavy atom. The third-order valence-electron chi connectivity index (χ3n) is 13.2. The molecule has 0 radical (unpaired) electrons. The van der Waals surface area contributed by atoms with Crippen molar-refractivity contribution in [2.24, 2.45) is 0 Å². The van der Waals surface area contributed by atoms with Crippen LogP contribution >= 0.6 is 0 Å². The van der Waals surface area contributed by atoms with Crippen LogP contribution in [0.15, 0.2) is 146 Å². The largest absolute Gasteiger partial charge is 0.341 e. The minimum absolute atomic E-state index is 0.122. The SMILES string of the molecule is C(=C\c1ccc2c(c1)C1(CCCC1)c1cc(N3CCCc4ccccc43)ccc1-2)/c1ccc(-c2ccc(N3CCCc4ccccc43)c3ccccc23)cc1. The van der Waals surface area contributed by atoms with Gasteiger partial charge in [-0.2, -0.15) is 0 Å². The van der Waals surface area contributed by atoms with Gasteiger partial charge < -0.3 is 9.80 Å². The number of hydrogen-bond acceptors (Lipinski definition) is 2. The van der Waals surface area contributed by atoms with Gasteiger partial charge in [0.2, 0.25) is 0 Å². The Morgan fingerprint density at radius 1 is 0.436 bits per heavy atom. The Hall–Kier alpha value is -5.86. The first-order valence-electron chi connectivity index (χ1n) is 20.5.